The molecule has 0 saturated carbocycles. The molecule has 3 aromatic rings. The number of hydrogen-bond donors (Lipinski definition) is 2. The lowest BCUT2D eigenvalue weighted by Gasteiger charge is -2.32. The normalized spacial score (nSPS) is 15.0. The number of carbonyl (C=O) groups excluding carboxylic acids is 1. The van der Waals surface area contributed by atoms with Gasteiger partial charge in [0, 0.05) is 42.7 Å². The van der Waals surface area contributed by atoms with Crippen LogP contribution < -0.4 is 10.9 Å². The number of aryl methyl sites for hydroxylation is 1. The minimum absolute atomic E-state index is 0.0175. The second kappa shape index (κ2) is 8.80. The van der Waals surface area contributed by atoms with Crippen LogP contribution in [0.15, 0.2) is 51.7 Å². The van der Waals surface area contributed by atoms with Gasteiger partial charge in [-0.1, -0.05) is 30.3 Å². The summed E-state index contributed by atoms with van der Waals surface area (Å²) in [5.74, 6) is -1.14. The van der Waals surface area contributed by atoms with E-state index in [9.17, 15) is 24.8 Å². The van der Waals surface area contributed by atoms with Crippen molar-refractivity contribution < 1.29 is 19.2 Å². The van der Waals surface area contributed by atoms with Crippen LogP contribution in [0.1, 0.15) is 34.3 Å². The van der Waals surface area contributed by atoms with Crippen molar-refractivity contribution in [3.8, 4) is 5.75 Å². The van der Waals surface area contributed by atoms with E-state index in [1.807, 2.05) is 18.2 Å². The van der Waals surface area contributed by atoms with Crippen molar-refractivity contribution in [2.45, 2.75) is 32.4 Å². The molecular formula is C23H23N3O6. The average molecular weight is 437 g/mol. The van der Waals surface area contributed by atoms with E-state index in [0.29, 0.717) is 0 Å². The van der Waals surface area contributed by atoms with E-state index in [4.69, 9.17) is 4.42 Å². The molecule has 32 heavy (non-hydrogen) atoms. The standard InChI is InChI=1S/C23H23N3O6/c1-14-20(27)19(26(30)31)12-16-11-18(23(29)32-21(14)16)22(28)24-17-7-9-25(10-8-17)13-15-5-3-2-4-6-15/h2-6,11-12,17,27H,7-10,13H2,1H3,(H,24,28). The van der Waals surface area contributed by atoms with Crippen LogP contribution in [-0.4, -0.2) is 40.0 Å². The molecule has 2 N–H and O–H groups in total. The first-order valence-electron chi connectivity index (χ1n) is 10.4. The van der Waals surface area contributed by atoms with Gasteiger partial charge in [0.05, 0.1) is 4.92 Å². The first kappa shape index (κ1) is 21.5. The number of nitrogens with one attached hydrogen (secondary N) is 1. The third kappa shape index (κ3) is 4.33. The number of carbonyl (C=O) groups is 1. The van der Waals surface area contributed by atoms with Gasteiger partial charge in [-0.05, 0) is 31.4 Å². The van der Waals surface area contributed by atoms with Crippen LogP contribution in [0.5, 0.6) is 5.75 Å². The maximum absolute atomic E-state index is 12.8. The van der Waals surface area contributed by atoms with Crippen molar-refractivity contribution >= 4 is 22.6 Å². The number of amides is 1. The summed E-state index contributed by atoms with van der Waals surface area (Å²) >= 11 is 0. The van der Waals surface area contributed by atoms with E-state index in [0.717, 1.165) is 38.5 Å². The Morgan fingerprint density at radius 3 is 2.59 bits per heavy atom. The third-order valence-corrected chi connectivity index (χ3v) is 5.82. The van der Waals surface area contributed by atoms with E-state index in [1.165, 1.54) is 18.6 Å². The molecule has 1 fully saturated rings. The zero-order chi connectivity index (χ0) is 22.8. The third-order valence-electron chi connectivity index (χ3n) is 5.82. The SMILES string of the molecule is Cc1c(O)c([N+](=O)[O-])cc2cc(C(=O)NC3CCN(Cc4ccccc4)CC3)c(=O)oc12. The van der Waals surface area contributed by atoms with Gasteiger partial charge in [0.25, 0.3) is 5.91 Å². The molecule has 1 aromatic heterocycles. The predicted molar refractivity (Wildman–Crippen MR) is 118 cm³/mol. The second-order valence-electron chi connectivity index (χ2n) is 8.00. The molecule has 1 aliphatic heterocycles. The number of fused-ring (bicyclic) bond motifs is 1. The number of aromatic hydroxyl groups is 1. The number of likely N-dealkylation sites (tertiary alicyclic amines) is 1. The summed E-state index contributed by atoms with van der Waals surface area (Å²) in [4.78, 5) is 37.9. The number of phenolic OH excluding ortho intramolecular Hbond substituents is 1. The Morgan fingerprint density at radius 1 is 1.25 bits per heavy atom. The molecule has 1 aliphatic rings. The van der Waals surface area contributed by atoms with Gasteiger partial charge in [-0.25, -0.2) is 4.79 Å². The summed E-state index contributed by atoms with van der Waals surface area (Å²) in [6.45, 7) is 3.89. The number of phenols is 1. The van der Waals surface area contributed by atoms with Crippen molar-refractivity contribution in [2.24, 2.45) is 0 Å². The zero-order valence-corrected chi connectivity index (χ0v) is 17.5. The molecule has 0 unspecified atom stereocenters. The lowest BCUT2D eigenvalue weighted by Crippen LogP contribution is -2.45. The Kier molecular flexibility index (Phi) is 5.91. The average Bonchev–Trinajstić information content (AvgIpc) is 2.78. The maximum atomic E-state index is 12.8. The maximum Gasteiger partial charge on any atom is 0.349 e. The first-order valence-corrected chi connectivity index (χ1v) is 10.4. The topological polar surface area (TPSA) is 126 Å². The molecule has 4 rings (SSSR count). The van der Waals surface area contributed by atoms with E-state index in [2.05, 4.69) is 22.3 Å². The summed E-state index contributed by atoms with van der Waals surface area (Å²) in [6.07, 6.45) is 1.49. The molecule has 2 aromatic carbocycles. The highest BCUT2D eigenvalue weighted by Crippen LogP contribution is 2.35. The van der Waals surface area contributed by atoms with Crippen LogP contribution in [0.3, 0.4) is 0 Å². The van der Waals surface area contributed by atoms with Gasteiger partial charge in [-0.3, -0.25) is 19.8 Å². The number of nitro benzene ring substituents is 1. The van der Waals surface area contributed by atoms with E-state index < -0.39 is 27.9 Å². The fourth-order valence-corrected chi connectivity index (χ4v) is 4.04. The van der Waals surface area contributed by atoms with Gasteiger partial charge in [0.1, 0.15) is 11.1 Å². The summed E-state index contributed by atoms with van der Waals surface area (Å²) < 4.78 is 5.23. The van der Waals surface area contributed by atoms with Crippen molar-refractivity contribution in [3.63, 3.8) is 0 Å². The minimum Gasteiger partial charge on any atom is -0.502 e. The van der Waals surface area contributed by atoms with Crippen LogP contribution in [0.4, 0.5) is 5.69 Å². The molecule has 1 amide bonds. The van der Waals surface area contributed by atoms with Gasteiger partial charge in [0.15, 0.2) is 0 Å². The molecule has 0 radical (unpaired) electrons. The van der Waals surface area contributed by atoms with Crippen LogP contribution in [-0.2, 0) is 6.54 Å². The van der Waals surface area contributed by atoms with Gasteiger partial charge in [-0.2, -0.15) is 0 Å². The highest BCUT2D eigenvalue weighted by atomic mass is 16.6. The highest BCUT2D eigenvalue weighted by Gasteiger charge is 2.25. The molecule has 9 nitrogen and oxygen atoms in total. The van der Waals surface area contributed by atoms with Crippen LogP contribution in [0.2, 0.25) is 0 Å². The molecule has 0 aliphatic carbocycles. The lowest BCUT2D eigenvalue weighted by molar-refractivity contribution is -0.385. The van der Waals surface area contributed by atoms with E-state index >= 15 is 0 Å². The van der Waals surface area contributed by atoms with Crippen molar-refractivity contribution in [3.05, 3.63) is 79.7 Å². The minimum atomic E-state index is -0.854. The zero-order valence-electron chi connectivity index (χ0n) is 17.5. The van der Waals surface area contributed by atoms with Crippen LogP contribution in [0.25, 0.3) is 11.0 Å². The molecule has 0 spiro atoms. The predicted octanol–water partition coefficient (Wildman–Crippen LogP) is 3.11. The number of nitro groups is 1. The van der Waals surface area contributed by atoms with Crippen molar-refractivity contribution in [2.75, 3.05) is 13.1 Å². The van der Waals surface area contributed by atoms with Crippen LogP contribution >= 0.6 is 0 Å². The lowest BCUT2D eigenvalue weighted by atomic mass is 10.0. The Bertz CT molecular complexity index is 1230. The molecule has 166 valence electrons. The Morgan fingerprint density at radius 2 is 1.94 bits per heavy atom. The quantitative estimate of drug-likeness (QED) is 0.357. The smallest absolute Gasteiger partial charge is 0.349 e. The first-order chi connectivity index (χ1) is 15.3. The van der Waals surface area contributed by atoms with Crippen molar-refractivity contribution in [1.29, 1.82) is 0 Å². The second-order valence-corrected chi connectivity index (χ2v) is 8.00. The van der Waals surface area contributed by atoms with Crippen molar-refractivity contribution in [1.82, 2.24) is 10.2 Å². The molecule has 0 atom stereocenters. The Balaban J connectivity index is 1.47. The molecular weight excluding hydrogens is 414 g/mol. The largest absolute Gasteiger partial charge is 0.502 e. The summed E-state index contributed by atoms with van der Waals surface area (Å²) in [6, 6.07) is 12.5. The number of piperidine rings is 1. The van der Waals surface area contributed by atoms with Gasteiger partial charge < -0.3 is 14.8 Å². The summed E-state index contributed by atoms with van der Waals surface area (Å²) in [7, 11) is 0. The molecule has 9 heteroatoms. The van der Waals surface area contributed by atoms with Gasteiger partial charge in [0.2, 0.25) is 5.75 Å². The van der Waals surface area contributed by atoms with Gasteiger partial charge >= 0.3 is 11.3 Å². The fourth-order valence-electron chi connectivity index (χ4n) is 4.04. The Hall–Kier alpha value is -3.72. The highest BCUT2D eigenvalue weighted by molar-refractivity contribution is 5.98. The van der Waals surface area contributed by atoms with Crippen LogP contribution in [0, 0.1) is 17.0 Å². The molecule has 2 heterocycles. The number of rotatable bonds is 5. The molecule has 1 saturated heterocycles. The molecule has 0 bridgehead atoms. The van der Waals surface area contributed by atoms with E-state index in [-0.39, 0.29) is 28.1 Å². The number of nitrogens with zero attached hydrogens (tertiary/aromatic N) is 2. The number of hydrogen-bond acceptors (Lipinski definition) is 7. The summed E-state index contributed by atoms with van der Waals surface area (Å²) in [5, 5.41) is 24.2. The number of benzene rings is 2. The Labute approximate surface area is 183 Å². The summed E-state index contributed by atoms with van der Waals surface area (Å²) in [5.41, 5.74) is -0.260. The fraction of sp³-hybridized carbons (Fsp3) is 0.304. The monoisotopic (exact) mass is 437 g/mol. The van der Waals surface area contributed by atoms with E-state index in [1.54, 1.807) is 0 Å². The van der Waals surface area contributed by atoms with Gasteiger partial charge in [-0.15, -0.1) is 0 Å².